The Morgan fingerprint density at radius 1 is 1.21 bits per heavy atom. The molecule has 1 heterocycles. The van der Waals surface area contributed by atoms with E-state index in [-0.39, 0.29) is 17.0 Å². The van der Waals surface area contributed by atoms with E-state index in [1.807, 2.05) is 24.3 Å². The van der Waals surface area contributed by atoms with E-state index >= 15 is 0 Å². The molecule has 1 atom stereocenters. The van der Waals surface area contributed by atoms with Crippen molar-refractivity contribution in [1.82, 2.24) is 4.90 Å². The van der Waals surface area contributed by atoms with Crippen LogP contribution in [0.3, 0.4) is 0 Å². The maximum Gasteiger partial charge on any atom is 0.242 e. The summed E-state index contributed by atoms with van der Waals surface area (Å²) < 4.78 is 18.5. The monoisotopic (exact) mass is 413 g/mol. The number of amidine groups is 1. The summed E-state index contributed by atoms with van der Waals surface area (Å²) in [4.78, 5) is 14.5. The molecule has 3 rings (SSSR count). The topological polar surface area (TPSA) is 54.3 Å². The van der Waals surface area contributed by atoms with Crippen LogP contribution in [-0.2, 0) is 11.3 Å². The lowest BCUT2D eigenvalue weighted by Gasteiger charge is -2.16. The lowest BCUT2D eigenvalue weighted by atomic mass is 10.1. The molecular formula is C22H24FN3O2S. The molecule has 0 unspecified atom stereocenters. The normalized spacial score (nSPS) is 18.2. The number of ether oxygens (including phenoxy) is 1. The summed E-state index contributed by atoms with van der Waals surface area (Å²) in [5.74, 6) is 0.432. The molecule has 29 heavy (non-hydrogen) atoms. The lowest BCUT2D eigenvalue weighted by Crippen LogP contribution is -2.31. The van der Waals surface area contributed by atoms with Crippen molar-refractivity contribution in [2.75, 3.05) is 7.11 Å². The van der Waals surface area contributed by atoms with E-state index in [9.17, 15) is 9.18 Å². The lowest BCUT2D eigenvalue weighted by molar-refractivity contribution is -0.126. The molecule has 152 valence electrons. The highest BCUT2D eigenvalue weighted by atomic mass is 32.2. The van der Waals surface area contributed by atoms with Gasteiger partial charge in [0.2, 0.25) is 5.91 Å². The van der Waals surface area contributed by atoms with Gasteiger partial charge < -0.3 is 4.74 Å². The molecule has 0 aliphatic carbocycles. The van der Waals surface area contributed by atoms with Gasteiger partial charge in [0.15, 0.2) is 5.17 Å². The van der Waals surface area contributed by atoms with Crippen LogP contribution in [-0.4, -0.2) is 34.5 Å². The van der Waals surface area contributed by atoms with Gasteiger partial charge in [-0.2, -0.15) is 5.10 Å². The number of benzene rings is 2. The predicted molar refractivity (Wildman–Crippen MR) is 116 cm³/mol. The minimum Gasteiger partial charge on any atom is -0.496 e. The molecule has 0 spiro atoms. The Kier molecular flexibility index (Phi) is 7.41. The van der Waals surface area contributed by atoms with Gasteiger partial charge in [-0.1, -0.05) is 55.8 Å². The molecule has 0 bridgehead atoms. The molecule has 5 nitrogen and oxygen atoms in total. The van der Waals surface area contributed by atoms with Crippen LogP contribution in [0.4, 0.5) is 4.39 Å². The number of unbranched alkanes of at least 4 members (excludes halogenated alkanes) is 1. The van der Waals surface area contributed by atoms with Gasteiger partial charge in [0.1, 0.15) is 11.6 Å². The molecule has 0 saturated carbocycles. The summed E-state index contributed by atoms with van der Waals surface area (Å²) in [5, 5.41) is 8.92. The van der Waals surface area contributed by atoms with Crippen molar-refractivity contribution in [2.45, 2.75) is 38.0 Å². The van der Waals surface area contributed by atoms with Crippen molar-refractivity contribution >= 4 is 29.1 Å². The van der Waals surface area contributed by atoms with Gasteiger partial charge >= 0.3 is 0 Å². The number of methoxy groups -OCH3 is 1. The molecule has 0 aromatic heterocycles. The second-order valence-corrected chi connectivity index (χ2v) is 7.84. The Morgan fingerprint density at radius 3 is 2.69 bits per heavy atom. The van der Waals surface area contributed by atoms with E-state index in [1.165, 1.54) is 23.9 Å². The van der Waals surface area contributed by atoms with Crippen LogP contribution in [0, 0.1) is 5.82 Å². The first-order valence-corrected chi connectivity index (χ1v) is 10.5. The fraction of sp³-hybridized carbons (Fsp3) is 0.318. The average Bonchev–Trinajstić information content (AvgIpc) is 3.03. The van der Waals surface area contributed by atoms with Gasteiger partial charge in [0.05, 0.1) is 25.1 Å². The third-order valence-electron chi connectivity index (χ3n) is 4.57. The van der Waals surface area contributed by atoms with Crippen molar-refractivity contribution in [3.63, 3.8) is 0 Å². The standard InChI is InChI=1S/C22H24FN3O2S/c1-3-4-9-20-21(27)26(15-16-10-12-18(23)13-11-16)22(29-20)25-24-14-17-7-5-6-8-19(17)28-2/h5-8,10-14,20H,3-4,9,15H2,1-2H3/b24-14-,25-22+/t20-/m0/s1. The number of nitrogens with zero attached hydrogens (tertiary/aromatic N) is 3. The molecule has 0 N–H and O–H groups in total. The minimum atomic E-state index is -0.299. The van der Waals surface area contributed by atoms with Gasteiger partial charge in [-0.25, -0.2) is 4.39 Å². The van der Waals surface area contributed by atoms with Crippen molar-refractivity contribution in [3.05, 3.63) is 65.5 Å². The van der Waals surface area contributed by atoms with Crippen molar-refractivity contribution in [1.29, 1.82) is 0 Å². The average molecular weight is 414 g/mol. The van der Waals surface area contributed by atoms with E-state index in [1.54, 1.807) is 30.4 Å². The fourth-order valence-corrected chi connectivity index (χ4v) is 4.13. The highest BCUT2D eigenvalue weighted by Gasteiger charge is 2.37. The first-order valence-electron chi connectivity index (χ1n) is 9.59. The maximum atomic E-state index is 13.2. The third-order valence-corrected chi connectivity index (χ3v) is 5.81. The van der Waals surface area contributed by atoms with E-state index in [0.29, 0.717) is 17.5 Å². The second kappa shape index (κ2) is 10.2. The summed E-state index contributed by atoms with van der Waals surface area (Å²) in [5.41, 5.74) is 1.65. The number of rotatable bonds is 8. The quantitative estimate of drug-likeness (QED) is 0.459. The molecule has 1 amide bonds. The molecular weight excluding hydrogens is 389 g/mol. The van der Waals surface area contributed by atoms with Crippen molar-refractivity contribution < 1.29 is 13.9 Å². The van der Waals surface area contributed by atoms with Crippen LogP contribution in [0.1, 0.15) is 37.3 Å². The van der Waals surface area contributed by atoms with Gasteiger partial charge in [0, 0.05) is 5.56 Å². The molecule has 1 saturated heterocycles. The van der Waals surface area contributed by atoms with Gasteiger partial charge in [-0.15, -0.1) is 5.10 Å². The van der Waals surface area contributed by atoms with Crippen LogP contribution < -0.4 is 4.74 Å². The van der Waals surface area contributed by atoms with Crippen LogP contribution in [0.15, 0.2) is 58.7 Å². The first-order chi connectivity index (χ1) is 14.1. The molecule has 2 aromatic rings. The highest BCUT2D eigenvalue weighted by molar-refractivity contribution is 8.15. The third kappa shape index (κ3) is 5.44. The molecule has 1 fully saturated rings. The summed E-state index contributed by atoms with van der Waals surface area (Å²) >= 11 is 1.44. The van der Waals surface area contributed by atoms with E-state index in [4.69, 9.17) is 4.74 Å². The number of para-hydroxylation sites is 1. The summed E-state index contributed by atoms with van der Waals surface area (Å²) in [6.07, 6.45) is 4.42. The predicted octanol–water partition coefficient (Wildman–Crippen LogP) is 4.86. The molecule has 7 heteroatoms. The first kappa shape index (κ1) is 21.0. The Bertz CT molecular complexity index is 899. The number of thioether (sulfide) groups is 1. The van der Waals surface area contributed by atoms with E-state index in [0.717, 1.165) is 30.4 Å². The van der Waals surface area contributed by atoms with Gasteiger partial charge in [-0.3, -0.25) is 9.69 Å². The number of carbonyl (C=O) groups excluding carboxylic acids is 1. The highest BCUT2D eigenvalue weighted by Crippen LogP contribution is 2.32. The zero-order valence-corrected chi connectivity index (χ0v) is 17.4. The fourth-order valence-electron chi connectivity index (χ4n) is 2.99. The number of amides is 1. The van der Waals surface area contributed by atoms with Crippen LogP contribution in [0.2, 0.25) is 0 Å². The summed E-state index contributed by atoms with van der Waals surface area (Å²) in [7, 11) is 1.60. The van der Waals surface area contributed by atoms with Crippen LogP contribution in [0.25, 0.3) is 0 Å². The molecule has 0 radical (unpaired) electrons. The molecule has 1 aliphatic rings. The number of halogens is 1. The minimum absolute atomic E-state index is 0.0269. The summed E-state index contributed by atoms with van der Waals surface area (Å²) in [6.45, 7) is 2.45. The SMILES string of the molecule is CCCC[C@@H]1S/C(=N/N=C\c2ccccc2OC)N(Cc2ccc(F)cc2)C1=O. The van der Waals surface area contributed by atoms with Gasteiger partial charge in [-0.05, 0) is 36.2 Å². The number of hydrogen-bond acceptors (Lipinski definition) is 5. The molecule has 1 aliphatic heterocycles. The number of carbonyl (C=O) groups is 1. The van der Waals surface area contributed by atoms with Crippen LogP contribution >= 0.6 is 11.8 Å². The Labute approximate surface area is 174 Å². The summed E-state index contributed by atoms with van der Waals surface area (Å²) in [6, 6.07) is 13.7. The second-order valence-electron chi connectivity index (χ2n) is 6.67. The smallest absolute Gasteiger partial charge is 0.242 e. The maximum absolute atomic E-state index is 13.2. The Hall–Kier alpha value is -2.67. The van der Waals surface area contributed by atoms with Gasteiger partial charge in [0.25, 0.3) is 0 Å². The van der Waals surface area contributed by atoms with Crippen LogP contribution in [0.5, 0.6) is 5.75 Å². The Morgan fingerprint density at radius 2 is 1.97 bits per heavy atom. The van der Waals surface area contributed by atoms with E-state index in [2.05, 4.69) is 17.1 Å². The zero-order valence-electron chi connectivity index (χ0n) is 16.5. The zero-order chi connectivity index (χ0) is 20.6. The molecule has 2 aromatic carbocycles. The number of hydrogen-bond donors (Lipinski definition) is 0. The largest absolute Gasteiger partial charge is 0.496 e. The van der Waals surface area contributed by atoms with E-state index < -0.39 is 0 Å². The van der Waals surface area contributed by atoms with Crippen molar-refractivity contribution in [3.8, 4) is 5.75 Å². The Balaban J connectivity index is 1.81. The van der Waals surface area contributed by atoms with Crippen molar-refractivity contribution in [2.24, 2.45) is 10.2 Å².